The highest BCUT2D eigenvalue weighted by Gasteiger charge is 2.25. The maximum absolute atomic E-state index is 12.1. The van der Waals surface area contributed by atoms with Gasteiger partial charge in [0.2, 0.25) is 5.91 Å². The Morgan fingerprint density at radius 2 is 1.95 bits per heavy atom. The number of carbonyl (C=O) groups excluding carboxylic acids is 1. The van der Waals surface area contributed by atoms with Crippen molar-refractivity contribution in [2.45, 2.75) is 19.3 Å². The number of aryl methyl sites for hydroxylation is 1. The highest BCUT2D eigenvalue weighted by atomic mass is 16.4. The highest BCUT2D eigenvalue weighted by molar-refractivity contribution is 6.23. The summed E-state index contributed by atoms with van der Waals surface area (Å²) < 4.78 is 0. The van der Waals surface area contributed by atoms with Crippen LogP contribution in [0.25, 0.3) is 5.57 Å². The number of hydrogen-bond donors (Lipinski definition) is 3. The summed E-state index contributed by atoms with van der Waals surface area (Å²) in [5.74, 6) is -1.50. The lowest BCUT2D eigenvalue weighted by molar-refractivity contribution is -0.130. The Balaban J connectivity index is 2.49. The molecule has 0 fully saturated rings. The standard InChI is InChI=1S/C15H17NO4/c17-9-8-16-14(18)12-7-3-5-10-4-1-2-6-11(10)13(12)15(19)20/h1-2,4,6,17H,3,5,7-9H2,(H,16,18)(H,19,20). The van der Waals surface area contributed by atoms with Crippen molar-refractivity contribution >= 4 is 17.4 Å². The zero-order valence-electron chi connectivity index (χ0n) is 11.1. The number of aliphatic carboxylic acids is 1. The van der Waals surface area contributed by atoms with Gasteiger partial charge in [-0.15, -0.1) is 0 Å². The molecule has 0 radical (unpaired) electrons. The summed E-state index contributed by atoms with van der Waals surface area (Å²) in [5, 5.41) is 20.8. The molecule has 0 unspecified atom stereocenters. The van der Waals surface area contributed by atoms with E-state index in [1.54, 1.807) is 12.1 Å². The van der Waals surface area contributed by atoms with Gasteiger partial charge in [0.1, 0.15) is 0 Å². The van der Waals surface area contributed by atoms with Crippen LogP contribution in [-0.4, -0.2) is 35.2 Å². The number of aliphatic hydroxyl groups is 1. The Bertz CT molecular complexity index is 563. The summed E-state index contributed by atoms with van der Waals surface area (Å²) in [4.78, 5) is 23.7. The molecule has 1 aliphatic rings. The van der Waals surface area contributed by atoms with Gasteiger partial charge in [0.05, 0.1) is 12.2 Å². The van der Waals surface area contributed by atoms with Crippen molar-refractivity contribution in [3.8, 4) is 0 Å². The number of aliphatic hydroxyl groups excluding tert-OH is 1. The number of benzene rings is 1. The van der Waals surface area contributed by atoms with Gasteiger partial charge in [-0.2, -0.15) is 0 Å². The van der Waals surface area contributed by atoms with Gasteiger partial charge >= 0.3 is 5.97 Å². The lowest BCUT2D eigenvalue weighted by Gasteiger charge is -2.11. The van der Waals surface area contributed by atoms with Gasteiger partial charge in [-0.25, -0.2) is 4.79 Å². The first kappa shape index (κ1) is 14.3. The fourth-order valence-electron chi connectivity index (χ4n) is 2.47. The van der Waals surface area contributed by atoms with Crippen molar-refractivity contribution in [2.24, 2.45) is 0 Å². The predicted octanol–water partition coefficient (Wildman–Crippen LogP) is 0.970. The predicted molar refractivity (Wildman–Crippen MR) is 74.0 cm³/mol. The summed E-state index contributed by atoms with van der Waals surface area (Å²) in [6.45, 7) is -0.0467. The summed E-state index contributed by atoms with van der Waals surface area (Å²) in [7, 11) is 0. The zero-order chi connectivity index (χ0) is 14.5. The molecule has 0 spiro atoms. The van der Waals surface area contributed by atoms with E-state index in [9.17, 15) is 14.7 Å². The molecule has 3 N–H and O–H groups in total. The number of fused-ring (bicyclic) bond motifs is 1. The molecule has 1 aromatic carbocycles. The van der Waals surface area contributed by atoms with Crippen LogP contribution >= 0.6 is 0 Å². The average molecular weight is 275 g/mol. The van der Waals surface area contributed by atoms with Crippen LogP contribution in [0.2, 0.25) is 0 Å². The number of carbonyl (C=O) groups is 2. The molecule has 0 atom stereocenters. The Morgan fingerprint density at radius 3 is 2.65 bits per heavy atom. The van der Waals surface area contributed by atoms with Crippen molar-refractivity contribution in [1.29, 1.82) is 0 Å². The van der Waals surface area contributed by atoms with Gasteiger partial charge in [0, 0.05) is 12.1 Å². The first-order chi connectivity index (χ1) is 9.65. The molecule has 5 heteroatoms. The van der Waals surface area contributed by atoms with Crippen LogP contribution in [0.15, 0.2) is 29.8 Å². The first-order valence-corrected chi connectivity index (χ1v) is 6.59. The minimum absolute atomic E-state index is 0.0774. The van der Waals surface area contributed by atoms with E-state index < -0.39 is 11.9 Å². The van der Waals surface area contributed by atoms with Crippen LogP contribution in [0.3, 0.4) is 0 Å². The van der Waals surface area contributed by atoms with Crippen LogP contribution in [0.1, 0.15) is 24.0 Å². The molecule has 0 aliphatic heterocycles. The summed E-state index contributed by atoms with van der Waals surface area (Å²) >= 11 is 0. The molecule has 106 valence electrons. The molecule has 1 amide bonds. The van der Waals surface area contributed by atoms with Gasteiger partial charge in [-0.1, -0.05) is 24.3 Å². The monoisotopic (exact) mass is 275 g/mol. The zero-order valence-corrected chi connectivity index (χ0v) is 11.1. The topological polar surface area (TPSA) is 86.6 Å². The third-order valence-electron chi connectivity index (χ3n) is 3.35. The maximum atomic E-state index is 12.1. The van der Waals surface area contributed by atoms with E-state index in [1.165, 1.54) is 0 Å². The second-order valence-corrected chi connectivity index (χ2v) is 4.65. The Hall–Kier alpha value is -2.14. The molecule has 0 saturated heterocycles. The molecule has 2 rings (SSSR count). The number of carboxylic acids is 1. The van der Waals surface area contributed by atoms with E-state index in [4.69, 9.17) is 5.11 Å². The molecule has 0 aromatic heterocycles. The minimum Gasteiger partial charge on any atom is -0.478 e. The normalized spacial score (nSPS) is 14.4. The van der Waals surface area contributed by atoms with E-state index in [0.29, 0.717) is 12.0 Å². The van der Waals surface area contributed by atoms with Gasteiger partial charge in [-0.05, 0) is 30.4 Å². The average Bonchev–Trinajstić information content (AvgIpc) is 2.63. The van der Waals surface area contributed by atoms with Gasteiger partial charge in [0.25, 0.3) is 0 Å². The number of nitrogens with one attached hydrogen (secondary N) is 1. The molecule has 0 bridgehead atoms. The lowest BCUT2D eigenvalue weighted by atomic mass is 9.96. The second kappa shape index (κ2) is 6.34. The molecule has 5 nitrogen and oxygen atoms in total. The third kappa shape index (κ3) is 2.88. The van der Waals surface area contributed by atoms with Gasteiger partial charge in [-0.3, -0.25) is 4.79 Å². The molecular formula is C15H17NO4. The number of amides is 1. The summed E-state index contributed by atoms with van der Waals surface area (Å²) in [6.07, 6.45) is 1.91. The summed E-state index contributed by atoms with van der Waals surface area (Å²) in [6, 6.07) is 7.28. The van der Waals surface area contributed by atoms with Crippen LogP contribution in [0.4, 0.5) is 0 Å². The SMILES string of the molecule is O=C(O)C1=C(C(=O)NCCO)CCCc2ccccc21. The Kier molecular flexibility index (Phi) is 4.53. The third-order valence-corrected chi connectivity index (χ3v) is 3.35. The van der Waals surface area contributed by atoms with Gasteiger partial charge in [0.15, 0.2) is 0 Å². The fourth-order valence-corrected chi connectivity index (χ4v) is 2.47. The first-order valence-electron chi connectivity index (χ1n) is 6.59. The highest BCUT2D eigenvalue weighted by Crippen LogP contribution is 2.30. The Morgan fingerprint density at radius 1 is 1.20 bits per heavy atom. The van der Waals surface area contributed by atoms with Crippen LogP contribution in [0, 0.1) is 0 Å². The summed E-state index contributed by atoms with van der Waals surface area (Å²) in [5.41, 5.74) is 1.94. The molecule has 1 aliphatic carbocycles. The largest absolute Gasteiger partial charge is 0.478 e. The fraction of sp³-hybridized carbons (Fsp3) is 0.333. The van der Waals surface area contributed by atoms with E-state index in [-0.39, 0.29) is 24.3 Å². The maximum Gasteiger partial charge on any atom is 0.336 e. The molecular weight excluding hydrogens is 258 g/mol. The second-order valence-electron chi connectivity index (χ2n) is 4.65. The smallest absolute Gasteiger partial charge is 0.336 e. The van der Waals surface area contributed by atoms with Crippen LogP contribution in [0.5, 0.6) is 0 Å². The van der Waals surface area contributed by atoms with Crippen molar-refractivity contribution in [1.82, 2.24) is 5.32 Å². The van der Waals surface area contributed by atoms with E-state index in [1.807, 2.05) is 12.1 Å². The van der Waals surface area contributed by atoms with Crippen molar-refractivity contribution in [2.75, 3.05) is 13.2 Å². The Labute approximate surface area is 116 Å². The van der Waals surface area contributed by atoms with Crippen molar-refractivity contribution < 1.29 is 19.8 Å². The van der Waals surface area contributed by atoms with Crippen molar-refractivity contribution in [3.05, 3.63) is 41.0 Å². The van der Waals surface area contributed by atoms with E-state index in [2.05, 4.69) is 5.32 Å². The lowest BCUT2D eigenvalue weighted by Crippen LogP contribution is -2.29. The number of carboxylic acid groups (broad SMARTS) is 1. The molecule has 20 heavy (non-hydrogen) atoms. The number of hydrogen-bond acceptors (Lipinski definition) is 3. The minimum atomic E-state index is -1.09. The van der Waals surface area contributed by atoms with Crippen molar-refractivity contribution in [3.63, 3.8) is 0 Å². The molecule has 1 aromatic rings. The molecule has 0 saturated carbocycles. The van der Waals surface area contributed by atoms with Crippen LogP contribution in [-0.2, 0) is 16.0 Å². The van der Waals surface area contributed by atoms with Crippen LogP contribution < -0.4 is 5.32 Å². The van der Waals surface area contributed by atoms with E-state index in [0.717, 1.165) is 18.4 Å². The molecule has 0 heterocycles. The van der Waals surface area contributed by atoms with E-state index >= 15 is 0 Å². The quantitative estimate of drug-likeness (QED) is 0.764. The number of rotatable bonds is 4. The van der Waals surface area contributed by atoms with Gasteiger partial charge < -0.3 is 15.5 Å².